The number of carbonyl (C=O) groups is 1. The van der Waals surface area contributed by atoms with Crippen LogP contribution in [-0.4, -0.2) is 18.7 Å². The van der Waals surface area contributed by atoms with Crippen molar-refractivity contribution in [1.29, 1.82) is 0 Å². The second kappa shape index (κ2) is 6.17. The summed E-state index contributed by atoms with van der Waals surface area (Å²) < 4.78 is 42.5. The summed E-state index contributed by atoms with van der Waals surface area (Å²) in [6, 6.07) is 4.95. The van der Waals surface area contributed by atoms with Gasteiger partial charge in [0.1, 0.15) is 5.75 Å². The highest BCUT2D eigenvalue weighted by molar-refractivity contribution is 5.97. The SMILES string of the molecule is Cc1ccc(NC(=O)C23CC4CC(CC(C4)C2)C3)c(OCC(F)(F)F)c1. The molecule has 0 spiro atoms. The summed E-state index contributed by atoms with van der Waals surface area (Å²) in [6.45, 7) is 0.418. The Balaban J connectivity index is 1.53. The van der Waals surface area contributed by atoms with Gasteiger partial charge in [0.25, 0.3) is 0 Å². The molecule has 1 amide bonds. The third kappa shape index (κ3) is 3.42. The fourth-order valence-electron chi connectivity index (χ4n) is 5.66. The van der Waals surface area contributed by atoms with Crippen LogP contribution in [0.3, 0.4) is 0 Å². The molecule has 0 unspecified atom stereocenters. The van der Waals surface area contributed by atoms with E-state index in [2.05, 4.69) is 5.32 Å². The maximum absolute atomic E-state index is 13.1. The van der Waals surface area contributed by atoms with E-state index in [1.165, 1.54) is 19.3 Å². The fourth-order valence-corrected chi connectivity index (χ4v) is 5.66. The number of rotatable bonds is 4. The standard InChI is InChI=1S/C20H24F3NO2/c1-12-2-3-16(17(4-12)26-11-20(21,22)23)24-18(25)19-8-13-5-14(9-19)7-15(6-13)10-19/h2-4,13-15H,5-11H2,1H3,(H,24,25). The number of carbonyl (C=O) groups excluding carboxylic acids is 1. The fraction of sp³-hybridized carbons (Fsp3) is 0.650. The van der Waals surface area contributed by atoms with Crippen LogP contribution in [0.4, 0.5) is 18.9 Å². The van der Waals surface area contributed by atoms with Crippen molar-refractivity contribution in [1.82, 2.24) is 0 Å². The van der Waals surface area contributed by atoms with Crippen molar-refractivity contribution in [3.63, 3.8) is 0 Å². The molecule has 0 saturated heterocycles. The van der Waals surface area contributed by atoms with E-state index in [9.17, 15) is 18.0 Å². The first-order chi connectivity index (χ1) is 12.2. The quantitative estimate of drug-likeness (QED) is 0.805. The van der Waals surface area contributed by atoms with E-state index >= 15 is 0 Å². The Hall–Kier alpha value is -1.72. The number of benzene rings is 1. The van der Waals surface area contributed by atoms with Crippen LogP contribution in [-0.2, 0) is 4.79 Å². The Bertz CT molecular complexity index is 678. The number of anilines is 1. The largest absolute Gasteiger partial charge is 0.482 e. The Morgan fingerprint density at radius 1 is 1.15 bits per heavy atom. The lowest BCUT2D eigenvalue weighted by atomic mass is 9.49. The third-order valence-corrected chi connectivity index (χ3v) is 6.30. The summed E-state index contributed by atoms with van der Waals surface area (Å²) in [4.78, 5) is 13.1. The molecular formula is C20H24F3NO2. The highest BCUT2D eigenvalue weighted by atomic mass is 19.4. The lowest BCUT2D eigenvalue weighted by molar-refractivity contribution is -0.153. The zero-order chi connectivity index (χ0) is 18.5. The summed E-state index contributed by atoms with van der Waals surface area (Å²) >= 11 is 0. The average Bonchev–Trinajstić information content (AvgIpc) is 2.53. The van der Waals surface area contributed by atoms with Crippen LogP contribution in [0.15, 0.2) is 18.2 Å². The molecule has 3 nitrogen and oxygen atoms in total. The number of aryl methyl sites for hydroxylation is 1. The van der Waals surface area contributed by atoms with Gasteiger partial charge in [0.2, 0.25) is 5.91 Å². The Labute approximate surface area is 151 Å². The predicted molar refractivity (Wildman–Crippen MR) is 92.0 cm³/mol. The number of hydrogen-bond donors (Lipinski definition) is 1. The Morgan fingerprint density at radius 2 is 1.73 bits per heavy atom. The molecule has 26 heavy (non-hydrogen) atoms. The first-order valence-electron chi connectivity index (χ1n) is 9.34. The summed E-state index contributed by atoms with van der Waals surface area (Å²) in [5, 5.41) is 2.90. The minimum atomic E-state index is -4.41. The normalized spacial score (nSPS) is 32.5. The number of nitrogens with one attached hydrogen (secondary N) is 1. The van der Waals surface area contributed by atoms with Gasteiger partial charge in [-0.1, -0.05) is 6.07 Å². The molecule has 6 heteroatoms. The Morgan fingerprint density at radius 3 is 2.27 bits per heavy atom. The maximum Gasteiger partial charge on any atom is 0.422 e. The molecule has 0 atom stereocenters. The molecule has 1 aromatic carbocycles. The molecular weight excluding hydrogens is 343 g/mol. The average molecular weight is 367 g/mol. The maximum atomic E-state index is 13.1. The summed E-state index contributed by atoms with van der Waals surface area (Å²) in [5.74, 6) is 1.93. The second-order valence-corrected chi connectivity index (χ2v) is 8.56. The van der Waals surface area contributed by atoms with Crippen molar-refractivity contribution in [2.24, 2.45) is 23.2 Å². The lowest BCUT2D eigenvalue weighted by Gasteiger charge is -2.55. The van der Waals surface area contributed by atoms with Gasteiger partial charge in [0.15, 0.2) is 6.61 Å². The first kappa shape index (κ1) is 17.7. The topological polar surface area (TPSA) is 38.3 Å². The van der Waals surface area contributed by atoms with E-state index in [1.54, 1.807) is 25.1 Å². The van der Waals surface area contributed by atoms with E-state index in [0.29, 0.717) is 23.4 Å². The molecule has 4 fully saturated rings. The van der Waals surface area contributed by atoms with E-state index in [1.807, 2.05) is 0 Å². The highest BCUT2D eigenvalue weighted by Gasteiger charge is 2.54. The molecule has 0 heterocycles. The minimum absolute atomic E-state index is 0.0442. The van der Waals surface area contributed by atoms with Crippen LogP contribution in [0.5, 0.6) is 5.75 Å². The van der Waals surface area contributed by atoms with Crippen molar-refractivity contribution in [2.45, 2.75) is 51.6 Å². The van der Waals surface area contributed by atoms with Gasteiger partial charge in [-0.15, -0.1) is 0 Å². The molecule has 4 saturated carbocycles. The predicted octanol–water partition coefficient (Wildman–Crippen LogP) is 5.09. The molecule has 1 N–H and O–H groups in total. The molecule has 0 aromatic heterocycles. The van der Waals surface area contributed by atoms with Crippen LogP contribution in [0.25, 0.3) is 0 Å². The van der Waals surface area contributed by atoms with Gasteiger partial charge in [-0.3, -0.25) is 4.79 Å². The number of alkyl halides is 3. The molecule has 5 rings (SSSR count). The molecule has 0 aliphatic heterocycles. The molecule has 0 radical (unpaired) electrons. The van der Waals surface area contributed by atoms with Gasteiger partial charge in [-0.2, -0.15) is 13.2 Å². The Kier molecular flexibility index (Phi) is 4.20. The molecule has 142 valence electrons. The summed E-state index contributed by atoms with van der Waals surface area (Å²) in [7, 11) is 0. The van der Waals surface area contributed by atoms with E-state index in [-0.39, 0.29) is 17.1 Å². The molecule has 1 aromatic rings. The van der Waals surface area contributed by atoms with E-state index < -0.39 is 12.8 Å². The van der Waals surface area contributed by atoms with Crippen LogP contribution < -0.4 is 10.1 Å². The number of amides is 1. The van der Waals surface area contributed by atoms with Gasteiger partial charge in [0.05, 0.1) is 11.1 Å². The van der Waals surface area contributed by atoms with Crippen LogP contribution in [0.1, 0.15) is 44.1 Å². The molecule has 4 aliphatic carbocycles. The smallest absolute Gasteiger partial charge is 0.422 e. The summed E-state index contributed by atoms with van der Waals surface area (Å²) in [6.07, 6.45) is 2.02. The van der Waals surface area contributed by atoms with Gasteiger partial charge in [0, 0.05) is 0 Å². The molecule has 4 bridgehead atoms. The zero-order valence-corrected chi connectivity index (χ0v) is 14.9. The molecule has 4 aliphatic rings. The van der Waals surface area contributed by atoms with Crippen molar-refractivity contribution in [3.05, 3.63) is 23.8 Å². The third-order valence-electron chi connectivity index (χ3n) is 6.30. The van der Waals surface area contributed by atoms with Crippen LogP contribution in [0.2, 0.25) is 0 Å². The van der Waals surface area contributed by atoms with Crippen molar-refractivity contribution >= 4 is 11.6 Å². The lowest BCUT2D eigenvalue weighted by Crippen LogP contribution is -2.51. The van der Waals surface area contributed by atoms with Crippen LogP contribution >= 0.6 is 0 Å². The minimum Gasteiger partial charge on any atom is -0.482 e. The van der Waals surface area contributed by atoms with Crippen LogP contribution in [0, 0.1) is 30.1 Å². The monoisotopic (exact) mass is 367 g/mol. The first-order valence-corrected chi connectivity index (χ1v) is 9.34. The number of halogens is 3. The van der Waals surface area contributed by atoms with Gasteiger partial charge >= 0.3 is 6.18 Å². The van der Waals surface area contributed by atoms with E-state index in [0.717, 1.165) is 24.8 Å². The van der Waals surface area contributed by atoms with Crippen molar-refractivity contribution in [2.75, 3.05) is 11.9 Å². The van der Waals surface area contributed by atoms with Crippen molar-refractivity contribution in [3.8, 4) is 5.75 Å². The number of hydrogen-bond acceptors (Lipinski definition) is 2. The summed E-state index contributed by atoms with van der Waals surface area (Å²) in [5.41, 5.74) is 0.775. The van der Waals surface area contributed by atoms with Crippen molar-refractivity contribution < 1.29 is 22.7 Å². The highest BCUT2D eigenvalue weighted by Crippen LogP contribution is 2.60. The number of ether oxygens (including phenoxy) is 1. The van der Waals surface area contributed by atoms with Gasteiger partial charge in [-0.05, 0) is 80.9 Å². The zero-order valence-electron chi connectivity index (χ0n) is 14.9. The van der Waals surface area contributed by atoms with Gasteiger partial charge < -0.3 is 10.1 Å². The second-order valence-electron chi connectivity index (χ2n) is 8.56. The van der Waals surface area contributed by atoms with Gasteiger partial charge in [-0.25, -0.2) is 0 Å². The van der Waals surface area contributed by atoms with E-state index in [4.69, 9.17) is 4.74 Å².